The lowest BCUT2D eigenvalue weighted by Crippen LogP contribution is -2.42. The number of carboxylic acid groups (broad SMARTS) is 1. The van der Waals surface area contributed by atoms with Crippen molar-refractivity contribution in [3.8, 4) is 11.1 Å². The predicted molar refractivity (Wildman–Crippen MR) is 131 cm³/mol. The molecule has 3 N–H and O–H groups in total. The minimum Gasteiger partial charge on any atom is -0.480 e. The van der Waals surface area contributed by atoms with Crippen LogP contribution in [0.2, 0.25) is 0 Å². The van der Waals surface area contributed by atoms with E-state index in [1.54, 1.807) is 6.07 Å². The number of carbonyl (C=O) groups excluding carboxylic acids is 2. The predicted octanol–water partition coefficient (Wildman–Crippen LogP) is 4.67. The van der Waals surface area contributed by atoms with Crippen LogP contribution in [0.4, 0.5) is 10.5 Å². The van der Waals surface area contributed by atoms with Gasteiger partial charge in [0, 0.05) is 12.1 Å². The molecule has 0 fully saturated rings. The van der Waals surface area contributed by atoms with Crippen LogP contribution in [-0.2, 0) is 9.53 Å². The standard InChI is InChI=1S/C27H27N3O5/c1-16(2)14-23(26(32)33)29-25(31)24-22(12-7-13-28-24)30-27(34)35-15-21-19-10-5-3-8-17(19)18-9-4-6-11-20(18)21/h3-13,16,21,23H,14-15H2,1-2H3,(H,29,31)(H,30,34)(H,32,33)/t23-/m1/s1. The molecule has 0 bridgehead atoms. The highest BCUT2D eigenvalue weighted by molar-refractivity contribution is 6.02. The number of hydrogen-bond donors (Lipinski definition) is 3. The summed E-state index contributed by atoms with van der Waals surface area (Å²) in [4.78, 5) is 41.0. The second-order valence-corrected chi connectivity index (χ2v) is 8.84. The number of benzene rings is 2. The summed E-state index contributed by atoms with van der Waals surface area (Å²) >= 11 is 0. The van der Waals surface area contributed by atoms with E-state index in [2.05, 4.69) is 27.8 Å². The molecule has 1 aliphatic rings. The second kappa shape index (κ2) is 10.4. The topological polar surface area (TPSA) is 118 Å². The Kier molecular flexibility index (Phi) is 7.10. The Morgan fingerprint density at radius 3 is 2.20 bits per heavy atom. The Morgan fingerprint density at radius 2 is 1.60 bits per heavy atom. The van der Waals surface area contributed by atoms with Gasteiger partial charge in [-0.1, -0.05) is 62.4 Å². The van der Waals surface area contributed by atoms with Crippen molar-refractivity contribution in [3.05, 3.63) is 83.7 Å². The fourth-order valence-corrected chi connectivity index (χ4v) is 4.35. The van der Waals surface area contributed by atoms with E-state index in [0.29, 0.717) is 0 Å². The molecule has 0 saturated heterocycles. The van der Waals surface area contributed by atoms with Crippen LogP contribution in [0, 0.1) is 5.92 Å². The summed E-state index contributed by atoms with van der Waals surface area (Å²) in [5.41, 5.74) is 4.47. The molecular weight excluding hydrogens is 446 g/mol. The number of carboxylic acids is 1. The molecule has 2 amide bonds. The molecule has 0 saturated carbocycles. The number of fused-ring (bicyclic) bond motifs is 3. The van der Waals surface area contributed by atoms with E-state index in [4.69, 9.17) is 4.74 Å². The molecule has 0 spiro atoms. The van der Waals surface area contributed by atoms with E-state index in [1.165, 1.54) is 12.3 Å². The number of amides is 2. The molecule has 0 radical (unpaired) electrons. The Bertz CT molecular complexity index is 1210. The molecule has 8 heteroatoms. The fourth-order valence-electron chi connectivity index (χ4n) is 4.35. The van der Waals surface area contributed by atoms with E-state index >= 15 is 0 Å². The first-order valence-electron chi connectivity index (χ1n) is 11.5. The van der Waals surface area contributed by atoms with Crippen LogP contribution in [-0.4, -0.2) is 40.7 Å². The first kappa shape index (κ1) is 23.9. The van der Waals surface area contributed by atoms with Gasteiger partial charge in [0.25, 0.3) is 5.91 Å². The SMILES string of the molecule is CC(C)C[C@@H](NC(=O)c1ncccc1NC(=O)OCC1c2ccccc2-c2ccccc21)C(=O)O. The number of ether oxygens (including phenoxy) is 1. The zero-order chi connectivity index (χ0) is 24.9. The quantitative estimate of drug-likeness (QED) is 0.438. The Balaban J connectivity index is 1.44. The maximum Gasteiger partial charge on any atom is 0.411 e. The maximum absolute atomic E-state index is 12.8. The summed E-state index contributed by atoms with van der Waals surface area (Å²) in [6.45, 7) is 3.86. The number of aliphatic carboxylic acids is 1. The van der Waals surface area contributed by atoms with Gasteiger partial charge in [-0.05, 0) is 46.7 Å². The Hall–Kier alpha value is -4.20. The van der Waals surface area contributed by atoms with Crippen LogP contribution in [0.15, 0.2) is 66.9 Å². The van der Waals surface area contributed by atoms with Crippen LogP contribution < -0.4 is 10.6 Å². The number of carbonyl (C=O) groups is 3. The molecule has 1 aliphatic carbocycles. The largest absolute Gasteiger partial charge is 0.480 e. The van der Waals surface area contributed by atoms with Crippen molar-refractivity contribution in [1.82, 2.24) is 10.3 Å². The minimum atomic E-state index is -1.13. The third-order valence-electron chi connectivity index (χ3n) is 5.91. The number of anilines is 1. The lowest BCUT2D eigenvalue weighted by atomic mass is 9.98. The summed E-state index contributed by atoms with van der Waals surface area (Å²) < 4.78 is 5.55. The Labute approximate surface area is 203 Å². The summed E-state index contributed by atoms with van der Waals surface area (Å²) in [6, 6.07) is 18.1. The molecular formula is C27H27N3O5. The van der Waals surface area contributed by atoms with Gasteiger partial charge in [-0.2, -0.15) is 0 Å². The summed E-state index contributed by atoms with van der Waals surface area (Å²) in [5, 5.41) is 14.5. The van der Waals surface area contributed by atoms with E-state index in [0.717, 1.165) is 22.3 Å². The van der Waals surface area contributed by atoms with Crippen LogP contribution in [0.5, 0.6) is 0 Å². The first-order valence-corrected chi connectivity index (χ1v) is 11.5. The minimum absolute atomic E-state index is 0.0681. The number of rotatable bonds is 8. The monoisotopic (exact) mass is 473 g/mol. The van der Waals surface area contributed by atoms with Crippen LogP contribution in [0.1, 0.15) is 47.8 Å². The summed E-state index contributed by atoms with van der Waals surface area (Å²) in [6.07, 6.45) is 0.935. The summed E-state index contributed by atoms with van der Waals surface area (Å²) in [5.74, 6) is -1.85. The average Bonchev–Trinajstić information content (AvgIpc) is 3.16. The molecule has 0 aliphatic heterocycles. The van der Waals surface area contributed by atoms with Crippen molar-refractivity contribution in [2.24, 2.45) is 5.92 Å². The van der Waals surface area contributed by atoms with E-state index in [1.807, 2.05) is 50.2 Å². The van der Waals surface area contributed by atoms with E-state index < -0.39 is 24.0 Å². The van der Waals surface area contributed by atoms with Crippen LogP contribution in [0.25, 0.3) is 11.1 Å². The van der Waals surface area contributed by atoms with Gasteiger partial charge in [0.05, 0.1) is 5.69 Å². The average molecular weight is 474 g/mol. The second-order valence-electron chi connectivity index (χ2n) is 8.84. The highest BCUT2D eigenvalue weighted by atomic mass is 16.5. The molecule has 4 rings (SSSR count). The number of pyridine rings is 1. The zero-order valence-electron chi connectivity index (χ0n) is 19.5. The van der Waals surface area contributed by atoms with Gasteiger partial charge in [0.2, 0.25) is 0 Å². The van der Waals surface area contributed by atoms with Crippen molar-refractivity contribution in [2.75, 3.05) is 11.9 Å². The van der Waals surface area contributed by atoms with Crippen molar-refractivity contribution >= 4 is 23.7 Å². The number of aromatic nitrogens is 1. The van der Waals surface area contributed by atoms with Gasteiger partial charge < -0.3 is 15.2 Å². The number of hydrogen-bond acceptors (Lipinski definition) is 5. The van der Waals surface area contributed by atoms with Gasteiger partial charge in [-0.25, -0.2) is 14.6 Å². The number of nitrogens with zero attached hydrogens (tertiary/aromatic N) is 1. The molecule has 0 unspecified atom stereocenters. The van der Waals surface area contributed by atoms with Gasteiger partial charge in [0.1, 0.15) is 12.6 Å². The third-order valence-corrected chi connectivity index (χ3v) is 5.91. The van der Waals surface area contributed by atoms with Crippen molar-refractivity contribution in [3.63, 3.8) is 0 Å². The smallest absolute Gasteiger partial charge is 0.411 e. The van der Waals surface area contributed by atoms with Crippen LogP contribution in [0.3, 0.4) is 0 Å². The third kappa shape index (κ3) is 5.32. The van der Waals surface area contributed by atoms with Gasteiger partial charge >= 0.3 is 12.1 Å². The number of nitrogens with one attached hydrogen (secondary N) is 2. The molecule has 180 valence electrons. The normalized spacial score (nSPS) is 13.0. The fraction of sp³-hybridized carbons (Fsp3) is 0.259. The molecule has 1 atom stereocenters. The first-order chi connectivity index (χ1) is 16.8. The molecule has 2 aromatic carbocycles. The highest BCUT2D eigenvalue weighted by Crippen LogP contribution is 2.44. The maximum atomic E-state index is 12.8. The molecule has 35 heavy (non-hydrogen) atoms. The van der Waals surface area contributed by atoms with E-state index in [-0.39, 0.29) is 36.2 Å². The molecule has 1 aromatic heterocycles. The van der Waals surface area contributed by atoms with Crippen LogP contribution >= 0.6 is 0 Å². The highest BCUT2D eigenvalue weighted by Gasteiger charge is 2.29. The van der Waals surface area contributed by atoms with Crippen molar-refractivity contribution in [1.29, 1.82) is 0 Å². The zero-order valence-corrected chi connectivity index (χ0v) is 19.5. The van der Waals surface area contributed by atoms with Gasteiger partial charge in [-0.15, -0.1) is 0 Å². The summed E-state index contributed by atoms with van der Waals surface area (Å²) in [7, 11) is 0. The molecule has 1 heterocycles. The van der Waals surface area contributed by atoms with Gasteiger partial charge in [0.15, 0.2) is 5.69 Å². The lowest BCUT2D eigenvalue weighted by molar-refractivity contribution is -0.139. The van der Waals surface area contributed by atoms with Gasteiger partial charge in [-0.3, -0.25) is 10.1 Å². The molecule has 3 aromatic rings. The van der Waals surface area contributed by atoms with Crippen molar-refractivity contribution < 1.29 is 24.2 Å². The lowest BCUT2D eigenvalue weighted by Gasteiger charge is -2.18. The molecule has 8 nitrogen and oxygen atoms in total. The van der Waals surface area contributed by atoms with Crippen molar-refractivity contribution in [2.45, 2.75) is 32.2 Å². The van der Waals surface area contributed by atoms with E-state index in [9.17, 15) is 19.5 Å². The Morgan fingerprint density at radius 1 is 0.971 bits per heavy atom.